The smallest absolute Gasteiger partial charge is 0.266 e. The van der Waals surface area contributed by atoms with Gasteiger partial charge >= 0.3 is 0 Å². The molecule has 2 aliphatic heterocycles. The first-order chi connectivity index (χ1) is 11.1. The molecule has 1 fully saturated rings. The Morgan fingerprint density at radius 2 is 2.26 bits per heavy atom. The third kappa shape index (κ3) is 3.61. The second kappa shape index (κ2) is 6.80. The van der Waals surface area contributed by atoms with E-state index in [4.69, 9.17) is 4.74 Å². The number of aromatic nitrogens is 2. The van der Waals surface area contributed by atoms with E-state index in [0.29, 0.717) is 32.8 Å². The van der Waals surface area contributed by atoms with Crippen molar-refractivity contribution in [1.82, 2.24) is 19.6 Å². The highest BCUT2D eigenvalue weighted by atomic mass is 16.5. The van der Waals surface area contributed by atoms with Gasteiger partial charge in [-0.3, -0.25) is 14.5 Å². The fourth-order valence-corrected chi connectivity index (χ4v) is 3.17. The molecule has 0 radical (unpaired) electrons. The molecule has 3 heterocycles. The lowest BCUT2D eigenvalue weighted by atomic mass is 10.1. The lowest BCUT2D eigenvalue weighted by Crippen LogP contribution is -2.49. The first-order valence-corrected chi connectivity index (χ1v) is 8.24. The minimum Gasteiger partial charge on any atom is -0.375 e. The summed E-state index contributed by atoms with van der Waals surface area (Å²) in [6.45, 7) is 5.85. The maximum Gasteiger partial charge on any atom is 0.266 e. The van der Waals surface area contributed by atoms with Crippen LogP contribution in [-0.4, -0.2) is 64.4 Å². The van der Waals surface area contributed by atoms with E-state index in [-0.39, 0.29) is 17.6 Å². The molecule has 1 atom stereocenters. The summed E-state index contributed by atoms with van der Waals surface area (Å²) >= 11 is 0. The minimum atomic E-state index is -0.101. The predicted octanol–water partition coefficient (Wildman–Crippen LogP) is -0.224. The fraction of sp³-hybridized carbons (Fsp3) is 0.688. The molecule has 1 amide bonds. The number of morpholine rings is 1. The molecule has 0 unspecified atom stereocenters. The van der Waals surface area contributed by atoms with E-state index in [2.05, 4.69) is 16.9 Å². The monoisotopic (exact) mass is 320 g/mol. The highest BCUT2D eigenvalue weighted by Gasteiger charge is 2.26. The van der Waals surface area contributed by atoms with Crippen LogP contribution in [0.25, 0.3) is 0 Å². The average Bonchev–Trinajstić information content (AvgIpc) is 2.56. The van der Waals surface area contributed by atoms with E-state index in [1.165, 1.54) is 4.68 Å². The molecule has 0 N–H and O–H groups in total. The van der Waals surface area contributed by atoms with Crippen LogP contribution in [0.4, 0.5) is 0 Å². The molecule has 0 aromatic carbocycles. The Morgan fingerprint density at radius 3 is 3.04 bits per heavy atom. The molecule has 3 rings (SSSR count). The van der Waals surface area contributed by atoms with Crippen molar-refractivity contribution in [1.29, 1.82) is 0 Å². The summed E-state index contributed by atoms with van der Waals surface area (Å²) in [5, 5.41) is 4.30. The van der Waals surface area contributed by atoms with Gasteiger partial charge in [0.05, 0.1) is 24.9 Å². The molecule has 7 nitrogen and oxygen atoms in total. The van der Waals surface area contributed by atoms with Gasteiger partial charge in [-0.2, -0.15) is 5.10 Å². The number of rotatable bonds is 3. The number of carbonyl (C=O) groups excluding carboxylic acids is 1. The predicted molar refractivity (Wildman–Crippen MR) is 85.1 cm³/mol. The third-order valence-electron chi connectivity index (χ3n) is 4.62. The van der Waals surface area contributed by atoms with Crippen molar-refractivity contribution in [2.45, 2.75) is 32.4 Å². The molecule has 0 saturated carbocycles. The fourth-order valence-electron chi connectivity index (χ4n) is 3.17. The summed E-state index contributed by atoms with van der Waals surface area (Å²) in [6.07, 6.45) is 1.86. The standard InChI is InChI=1S/C16H24N4O3/c1-3-13-10-20(6-7-23-13)16(22)11-19-5-4-14-12(9-19)8-15(21)18(2)17-14/h8,13H,3-7,9-11H2,1-2H3/t13-/m0/s1. The highest BCUT2D eigenvalue weighted by molar-refractivity contribution is 5.78. The number of fused-ring (bicyclic) bond motifs is 1. The topological polar surface area (TPSA) is 67.7 Å². The van der Waals surface area contributed by atoms with Crippen molar-refractivity contribution in [3.63, 3.8) is 0 Å². The lowest BCUT2D eigenvalue weighted by molar-refractivity contribution is -0.140. The lowest BCUT2D eigenvalue weighted by Gasteiger charge is -2.35. The van der Waals surface area contributed by atoms with E-state index < -0.39 is 0 Å². The van der Waals surface area contributed by atoms with E-state index in [1.807, 2.05) is 4.90 Å². The van der Waals surface area contributed by atoms with Gasteiger partial charge in [0.15, 0.2) is 0 Å². The Balaban J connectivity index is 1.62. The molecular weight excluding hydrogens is 296 g/mol. The summed E-state index contributed by atoms with van der Waals surface area (Å²) in [6, 6.07) is 1.64. The van der Waals surface area contributed by atoms with Crippen LogP contribution in [0.15, 0.2) is 10.9 Å². The number of nitrogens with zero attached hydrogens (tertiary/aromatic N) is 4. The van der Waals surface area contributed by atoms with E-state index in [0.717, 1.165) is 30.6 Å². The van der Waals surface area contributed by atoms with Gasteiger partial charge in [-0.15, -0.1) is 0 Å². The number of aryl methyl sites for hydroxylation is 1. The van der Waals surface area contributed by atoms with Gasteiger partial charge in [0.2, 0.25) is 5.91 Å². The van der Waals surface area contributed by atoms with Gasteiger partial charge in [0.25, 0.3) is 5.56 Å². The zero-order chi connectivity index (χ0) is 16.4. The van der Waals surface area contributed by atoms with Crippen LogP contribution >= 0.6 is 0 Å². The second-order valence-electron chi connectivity index (χ2n) is 6.28. The summed E-state index contributed by atoms with van der Waals surface area (Å²) < 4.78 is 6.99. The maximum atomic E-state index is 12.5. The van der Waals surface area contributed by atoms with E-state index in [1.54, 1.807) is 13.1 Å². The van der Waals surface area contributed by atoms with Crippen molar-refractivity contribution < 1.29 is 9.53 Å². The Morgan fingerprint density at radius 1 is 1.43 bits per heavy atom. The molecule has 0 bridgehead atoms. The Labute approximate surface area is 135 Å². The van der Waals surface area contributed by atoms with Crippen LogP contribution in [0.2, 0.25) is 0 Å². The number of ether oxygens (including phenoxy) is 1. The summed E-state index contributed by atoms with van der Waals surface area (Å²) in [4.78, 5) is 28.2. The minimum absolute atomic E-state index is 0.101. The van der Waals surface area contributed by atoms with Crippen LogP contribution in [-0.2, 0) is 29.5 Å². The quantitative estimate of drug-likeness (QED) is 0.770. The third-order valence-corrected chi connectivity index (χ3v) is 4.62. The molecule has 1 aromatic rings. The summed E-state index contributed by atoms with van der Waals surface area (Å²) in [5.41, 5.74) is 1.81. The van der Waals surface area contributed by atoms with Crippen LogP contribution in [0.3, 0.4) is 0 Å². The largest absolute Gasteiger partial charge is 0.375 e. The Kier molecular flexibility index (Phi) is 4.77. The van der Waals surface area contributed by atoms with Crippen molar-refractivity contribution in [3.05, 3.63) is 27.7 Å². The molecule has 126 valence electrons. The number of amides is 1. The van der Waals surface area contributed by atoms with Crippen molar-refractivity contribution in [2.75, 3.05) is 32.8 Å². The SMILES string of the molecule is CC[C@H]1CN(C(=O)CN2CCc3nn(C)c(=O)cc3C2)CCO1. The second-order valence-corrected chi connectivity index (χ2v) is 6.28. The zero-order valence-electron chi connectivity index (χ0n) is 13.8. The van der Waals surface area contributed by atoms with Crippen LogP contribution in [0.1, 0.15) is 24.6 Å². The van der Waals surface area contributed by atoms with Crippen molar-refractivity contribution in [2.24, 2.45) is 7.05 Å². The highest BCUT2D eigenvalue weighted by Crippen LogP contribution is 2.16. The number of hydrogen-bond acceptors (Lipinski definition) is 5. The van der Waals surface area contributed by atoms with Crippen molar-refractivity contribution in [3.8, 4) is 0 Å². The first kappa shape index (κ1) is 16.1. The van der Waals surface area contributed by atoms with E-state index in [9.17, 15) is 9.59 Å². The normalized spacial score (nSPS) is 22.0. The van der Waals surface area contributed by atoms with E-state index >= 15 is 0 Å². The van der Waals surface area contributed by atoms with Gasteiger partial charge in [0.1, 0.15) is 0 Å². The number of hydrogen-bond donors (Lipinski definition) is 0. The number of carbonyl (C=O) groups is 1. The Hall–Kier alpha value is -1.73. The van der Waals surface area contributed by atoms with Gasteiger partial charge in [-0.25, -0.2) is 4.68 Å². The van der Waals surface area contributed by atoms with Gasteiger partial charge in [0, 0.05) is 45.7 Å². The van der Waals surface area contributed by atoms with Gasteiger partial charge in [-0.05, 0) is 12.0 Å². The molecule has 0 spiro atoms. The molecule has 23 heavy (non-hydrogen) atoms. The zero-order valence-corrected chi connectivity index (χ0v) is 13.8. The first-order valence-electron chi connectivity index (χ1n) is 8.24. The van der Waals surface area contributed by atoms with Crippen molar-refractivity contribution >= 4 is 5.91 Å². The molecule has 1 saturated heterocycles. The molecular formula is C16H24N4O3. The van der Waals surface area contributed by atoms with Crippen LogP contribution in [0, 0.1) is 0 Å². The Bertz CT molecular complexity index is 643. The van der Waals surface area contributed by atoms with Crippen LogP contribution in [0.5, 0.6) is 0 Å². The average molecular weight is 320 g/mol. The summed E-state index contributed by atoms with van der Waals surface area (Å²) in [5.74, 6) is 0.145. The van der Waals surface area contributed by atoms with Crippen LogP contribution < -0.4 is 5.56 Å². The van der Waals surface area contributed by atoms with Gasteiger partial charge in [-0.1, -0.05) is 6.92 Å². The molecule has 2 aliphatic rings. The van der Waals surface area contributed by atoms with Gasteiger partial charge < -0.3 is 9.64 Å². The molecule has 1 aromatic heterocycles. The maximum absolute atomic E-state index is 12.5. The summed E-state index contributed by atoms with van der Waals surface area (Å²) in [7, 11) is 1.67. The molecule has 0 aliphatic carbocycles. The molecule has 7 heteroatoms.